The molecule has 0 saturated carbocycles. The molecule has 0 unspecified atom stereocenters. The van der Waals surface area contributed by atoms with Gasteiger partial charge in [-0.3, -0.25) is 9.59 Å². The van der Waals surface area contributed by atoms with E-state index in [-0.39, 0.29) is 0 Å². The van der Waals surface area contributed by atoms with E-state index in [4.69, 9.17) is 11.6 Å². The van der Waals surface area contributed by atoms with Crippen LogP contribution in [0.1, 0.15) is 17.5 Å². The molecule has 1 aliphatic rings. The van der Waals surface area contributed by atoms with Crippen molar-refractivity contribution in [1.82, 2.24) is 5.32 Å². The Hall–Kier alpha value is -2.33. The zero-order chi connectivity index (χ0) is 16.9. The van der Waals surface area contributed by atoms with Gasteiger partial charge >= 0.3 is 11.8 Å². The third kappa shape index (κ3) is 3.77. The van der Waals surface area contributed by atoms with Crippen molar-refractivity contribution < 1.29 is 9.59 Å². The molecule has 5 heteroatoms. The minimum Gasteiger partial charge on any atom is -0.347 e. The van der Waals surface area contributed by atoms with Gasteiger partial charge in [-0.15, -0.1) is 0 Å². The third-order valence-electron chi connectivity index (χ3n) is 4.16. The molecular weight excluding hydrogens is 324 g/mol. The molecule has 0 atom stereocenters. The molecule has 124 valence electrons. The number of carbonyl (C=O) groups excluding carboxylic acids is 2. The van der Waals surface area contributed by atoms with E-state index in [1.165, 1.54) is 0 Å². The molecule has 2 aromatic carbocycles. The molecule has 0 radical (unpaired) electrons. The lowest BCUT2D eigenvalue weighted by Gasteiger charge is -2.28. The monoisotopic (exact) mass is 342 g/mol. The Morgan fingerprint density at radius 3 is 2.62 bits per heavy atom. The number of halogens is 1. The van der Waals surface area contributed by atoms with Crippen LogP contribution in [-0.2, 0) is 22.4 Å². The summed E-state index contributed by atoms with van der Waals surface area (Å²) < 4.78 is 0. The van der Waals surface area contributed by atoms with Gasteiger partial charge in [0.25, 0.3) is 0 Å². The number of benzene rings is 2. The van der Waals surface area contributed by atoms with E-state index in [1.54, 1.807) is 4.90 Å². The summed E-state index contributed by atoms with van der Waals surface area (Å²) in [5, 5.41) is 3.39. The Kier molecular flexibility index (Phi) is 5.16. The fourth-order valence-electron chi connectivity index (χ4n) is 2.91. The van der Waals surface area contributed by atoms with Crippen molar-refractivity contribution in [3.05, 3.63) is 64.7 Å². The summed E-state index contributed by atoms with van der Waals surface area (Å²) in [5.74, 6) is -1.04. The number of rotatable bonds is 3. The number of aryl methyl sites for hydroxylation is 1. The summed E-state index contributed by atoms with van der Waals surface area (Å²) in [6, 6.07) is 15.2. The lowest BCUT2D eigenvalue weighted by atomic mass is 10.0. The van der Waals surface area contributed by atoms with Crippen molar-refractivity contribution in [1.29, 1.82) is 0 Å². The average Bonchev–Trinajstić information content (AvgIpc) is 2.62. The summed E-state index contributed by atoms with van der Waals surface area (Å²) in [6.07, 6.45) is 2.48. The molecule has 0 aliphatic carbocycles. The molecule has 2 aromatic rings. The van der Waals surface area contributed by atoms with Crippen LogP contribution in [0.15, 0.2) is 48.5 Å². The number of hydrogen-bond acceptors (Lipinski definition) is 2. The van der Waals surface area contributed by atoms with Crippen molar-refractivity contribution in [3.63, 3.8) is 0 Å². The van der Waals surface area contributed by atoms with Crippen LogP contribution in [0.25, 0.3) is 0 Å². The van der Waals surface area contributed by atoms with E-state index < -0.39 is 11.8 Å². The Labute approximate surface area is 146 Å². The summed E-state index contributed by atoms with van der Waals surface area (Å²) in [4.78, 5) is 26.2. The second kappa shape index (κ2) is 7.49. The summed E-state index contributed by atoms with van der Waals surface area (Å²) in [6.45, 7) is 1.00. The van der Waals surface area contributed by atoms with Gasteiger partial charge in [0, 0.05) is 23.8 Å². The highest BCUT2D eigenvalue weighted by atomic mass is 35.5. The van der Waals surface area contributed by atoms with Gasteiger partial charge in [0.05, 0.1) is 0 Å². The average molecular weight is 343 g/mol. The van der Waals surface area contributed by atoms with Crippen LogP contribution >= 0.6 is 11.6 Å². The highest BCUT2D eigenvalue weighted by Gasteiger charge is 2.26. The zero-order valence-corrected chi connectivity index (χ0v) is 14.1. The number of hydrogen-bond donors (Lipinski definition) is 1. The fourth-order valence-corrected chi connectivity index (χ4v) is 3.04. The first-order valence-electron chi connectivity index (χ1n) is 8.07. The largest absolute Gasteiger partial charge is 0.347 e. The van der Waals surface area contributed by atoms with Crippen LogP contribution in [0.4, 0.5) is 5.69 Å². The smallest absolute Gasteiger partial charge is 0.316 e. The molecule has 24 heavy (non-hydrogen) atoms. The Morgan fingerprint density at radius 2 is 1.83 bits per heavy atom. The number of nitrogens with zero attached hydrogens (tertiary/aromatic N) is 1. The molecule has 2 amide bonds. The molecular formula is C19H19ClN2O2. The molecule has 0 aromatic heterocycles. The maximum absolute atomic E-state index is 12.4. The summed E-state index contributed by atoms with van der Waals surface area (Å²) >= 11 is 5.85. The molecule has 0 bridgehead atoms. The number of fused-ring (bicyclic) bond motifs is 1. The first-order valence-corrected chi connectivity index (χ1v) is 8.45. The highest BCUT2D eigenvalue weighted by molar-refractivity contribution is 6.40. The second-order valence-electron chi connectivity index (χ2n) is 5.82. The van der Waals surface area contributed by atoms with Crippen LogP contribution in [0.3, 0.4) is 0 Å². The predicted octanol–water partition coefficient (Wildman–Crippen LogP) is 2.98. The number of nitrogens with one attached hydrogen (secondary N) is 1. The molecule has 1 heterocycles. The Balaban J connectivity index is 1.57. The standard InChI is InChI=1S/C19H19ClN2O2/c20-16-9-7-14(8-10-16)11-12-21-18(23)19(24)22-13-3-5-15-4-1-2-6-17(15)22/h1-2,4,6-10H,3,5,11-13H2,(H,21,23). The Bertz CT molecular complexity index is 743. The number of anilines is 1. The number of amides is 2. The van der Waals surface area contributed by atoms with Crippen LogP contribution in [-0.4, -0.2) is 24.9 Å². The van der Waals surface area contributed by atoms with Gasteiger partial charge in [0.2, 0.25) is 0 Å². The maximum Gasteiger partial charge on any atom is 0.316 e. The van der Waals surface area contributed by atoms with Crippen LogP contribution in [0.2, 0.25) is 5.02 Å². The minimum absolute atomic E-state index is 0.418. The van der Waals surface area contributed by atoms with Crippen molar-refractivity contribution in [3.8, 4) is 0 Å². The molecule has 3 rings (SSSR count). The number of carbonyl (C=O) groups is 2. The van der Waals surface area contributed by atoms with Crippen molar-refractivity contribution in [2.75, 3.05) is 18.0 Å². The van der Waals surface area contributed by atoms with E-state index in [2.05, 4.69) is 5.32 Å². The highest BCUT2D eigenvalue weighted by Crippen LogP contribution is 2.26. The molecule has 1 N–H and O–H groups in total. The van der Waals surface area contributed by atoms with Crippen LogP contribution < -0.4 is 10.2 Å². The van der Waals surface area contributed by atoms with E-state index >= 15 is 0 Å². The normalized spacial score (nSPS) is 13.3. The number of para-hydroxylation sites is 1. The van der Waals surface area contributed by atoms with Gasteiger partial charge in [-0.1, -0.05) is 41.9 Å². The first kappa shape index (κ1) is 16.5. The van der Waals surface area contributed by atoms with Crippen LogP contribution in [0, 0.1) is 0 Å². The summed E-state index contributed by atoms with van der Waals surface area (Å²) in [7, 11) is 0. The molecule has 4 nitrogen and oxygen atoms in total. The van der Waals surface area contributed by atoms with E-state index in [9.17, 15) is 9.59 Å². The minimum atomic E-state index is -0.555. The first-order chi connectivity index (χ1) is 11.6. The fraction of sp³-hybridized carbons (Fsp3) is 0.263. The zero-order valence-electron chi connectivity index (χ0n) is 13.3. The van der Waals surface area contributed by atoms with E-state index in [0.29, 0.717) is 24.5 Å². The van der Waals surface area contributed by atoms with E-state index in [0.717, 1.165) is 29.7 Å². The topological polar surface area (TPSA) is 49.4 Å². The van der Waals surface area contributed by atoms with Gasteiger partial charge in [-0.2, -0.15) is 0 Å². The van der Waals surface area contributed by atoms with Gasteiger partial charge in [-0.05, 0) is 48.6 Å². The predicted molar refractivity (Wildman–Crippen MR) is 95.3 cm³/mol. The van der Waals surface area contributed by atoms with Gasteiger partial charge in [-0.25, -0.2) is 0 Å². The van der Waals surface area contributed by atoms with Gasteiger partial charge in [0.15, 0.2) is 0 Å². The SMILES string of the molecule is O=C(NCCc1ccc(Cl)cc1)C(=O)N1CCCc2ccccc21. The van der Waals surface area contributed by atoms with Crippen LogP contribution in [0.5, 0.6) is 0 Å². The van der Waals surface area contributed by atoms with E-state index in [1.807, 2.05) is 48.5 Å². The quantitative estimate of drug-likeness (QED) is 0.872. The summed E-state index contributed by atoms with van der Waals surface area (Å²) in [5.41, 5.74) is 3.03. The lowest BCUT2D eigenvalue weighted by Crippen LogP contribution is -2.45. The third-order valence-corrected chi connectivity index (χ3v) is 4.41. The molecule has 0 fully saturated rings. The maximum atomic E-state index is 12.4. The van der Waals surface area contributed by atoms with Gasteiger partial charge < -0.3 is 10.2 Å². The molecule has 0 saturated heterocycles. The van der Waals surface area contributed by atoms with Crippen molar-refractivity contribution in [2.24, 2.45) is 0 Å². The van der Waals surface area contributed by atoms with Gasteiger partial charge in [0.1, 0.15) is 0 Å². The molecule has 0 spiro atoms. The Morgan fingerprint density at radius 1 is 1.08 bits per heavy atom. The second-order valence-corrected chi connectivity index (χ2v) is 6.26. The molecule has 1 aliphatic heterocycles. The van der Waals surface area contributed by atoms with Crippen molar-refractivity contribution in [2.45, 2.75) is 19.3 Å². The lowest BCUT2D eigenvalue weighted by molar-refractivity contribution is -0.137. The van der Waals surface area contributed by atoms with Crippen molar-refractivity contribution >= 4 is 29.1 Å².